The van der Waals surface area contributed by atoms with Gasteiger partial charge in [0.05, 0.1) is 5.69 Å². The molecule has 0 spiro atoms. The maximum Gasteiger partial charge on any atom is 0.229 e. The van der Waals surface area contributed by atoms with Gasteiger partial charge in [-0.3, -0.25) is 0 Å². The Bertz CT molecular complexity index is 926. The fraction of sp³-hybridized carbons (Fsp3) is 0.200. The lowest BCUT2D eigenvalue weighted by molar-refractivity contribution is 0.596. The van der Waals surface area contributed by atoms with Crippen LogP contribution in [0.4, 0.5) is 31.9 Å². The second-order valence-electron chi connectivity index (χ2n) is 6.30. The van der Waals surface area contributed by atoms with E-state index in [2.05, 4.69) is 20.2 Å². The van der Waals surface area contributed by atoms with E-state index < -0.39 is 0 Å². The largest absolute Gasteiger partial charge is 0.366 e. The van der Waals surface area contributed by atoms with E-state index >= 15 is 0 Å². The zero-order valence-electron chi connectivity index (χ0n) is 14.6. The minimum atomic E-state index is -0.319. The Kier molecular flexibility index (Phi) is 4.82. The summed E-state index contributed by atoms with van der Waals surface area (Å²) in [6, 6.07) is 14.8. The number of aromatic nitrogens is 2. The van der Waals surface area contributed by atoms with Crippen LogP contribution in [0.15, 0.2) is 60.8 Å². The van der Waals surface area contributed by atoms with Crippen LogP contribution in [0.5, 0.6) is 0 Å². The molecule has 138 valence electrons. The lowest BCUT2D eigenvalue weighted by Gasteiger charge is -2.36. The van der Waals surface area contributed by atoms with E-state index in [1.807, 2.05) is 17.0 Å². The lowest BCUT2D eigenvalue weighted by Crippen LogP contribution is -2.47. The van der Waals surface area contributed by atoms with Crippen LogP contribution < -0.4 is 15.1 Å². The molecule has 7 heteroatoms. The molecular weight excluding hydrogens is 348 g/mol. The third-order valence-electron chi connectivity index (χ3n) is 4.52. The molecule has 2 heterocycles. The summed E-state index contributed by atoms with van der Waals surface area (Å²) in [5.41, 5.74) is 1.23. The van der Waals surface area contributed by atoms with Crippen LogP contribution in [0, 0.1) is 11.6 Å². The monoisotopic (exact) mass is 367 g/mol. The van der Waals surface area contributed by atoms with Gasteiger partial charge in [-0.2, -0.15) is 4.98 Å². The van der Waals surface area contributed by atoms with Crippen LogP contribution in [-0.2, 0) is 0 Å². The maximum atomic E-state index is 14.0. The van der Waals surface area contributed by atoms with Crippen LogP contribution in [0.2, 0.25) is 0 Å². The summed E-state index contributed by atoms with van der Waals surface area (Å²) >= 11 is 0. The van der Waals surface area contributed by atoms with Gasteiger partial charge in [0.1, 0.15) is 17.5 Å². The number of para-hydroxylation sites is 1. The smallest absolute Gasteiger partial charge is 0.229 e. The van der Waals surface area contributed by atoms with Gasteiger partial charge in [0.15, 0.2) is 0 Å². The molecule has 1 saturated heterocycles. The summed E-state index contributed by atoms with van der Waals surface area (Å²) < 4.78 is 27.3. The Hall–Kier alpha value is -3.22. The third kappa shape index (κ3) is 3.97. The van der Waals surface area contributed by atoms with Gasteiger partial charge in [-0.15, -0.1) is 0 Å². The van der Waals surface area contributed by atoms with Crippen LogP contribution >= 0.6 is 0 Å². The minimum Gasteiger partial charge on any atom is -0.366 e. The SMILES string of the molecule is Fc1cccc(Nc2nccc(N3CCN(c4ccccc4F)CC3)n2)c1. The van der Waals surface area contributed by atoms with E-state index in [1.54, 1.807) is 30.5 Å². The average molecular weight is 367 g/mol. The third-order valence-corrected chi connectivity index (χ3v) is 4.52. The number of anilines is 4. The highest BCUT2D eigenvalue weighted by Gasteiger charge is 2.20. The molecule has 2 aromatic carbocycles. The molecule has 1 fully saturated rings. The van der Waals surface area contributed by atoms with Crippen molar-refractivity contribution in [2.45, 2.75) is 0 Å². The normalized spacial score (nSPS) is 14.3. The van der Waals surface area contributed by atoms with E-state index in [0.717, 1.165) is 18.9 Å². The van der Waals surface area contributed by atoms with Crippen molar-refractivity contribution in [3.63, 3.8) is 0 Å². The van der Waals surface area contributed by atoms with E-state index in [9.17, 15) is 8.78 Å². The number of nitrogens with zero attached hydrogens (tertiary/aromatic N) is 4. The summed E-state index contributed by atoms with van der Waals surface area (Å²) in [6.07, 6.45) is 1.67. The molecule has 0 saturated carbocycles. The van der Waals surface area contributed by atoms with Crippen LogP contribution in [0.1, 0.15) is 0 Å². The van der Waals surface area contributed by atoms with Crippen molar-refractivity contribution in [3.05, 3.63) is 72.4 Å². The summed E-state index contributed by atoms with van der Waals surface area (Å²) in [5, 5.41) is 3.02. The maximum absolute atomic E-state index is 14.0. The van der Waals surface area contributed by atoms with Crippen molar-refractivity contribution < 1.29 is 8.78 Å². The standard InChI is InChI=1S/C20H19F2N5/c21-15-4-3-5-16(14-15)24-20-23-9-8-19(25-20)27-12-10-26(11-13-27)18-7-2-1-6-17(18)22/h1-9,14H,10-13H2,(H,23,24,25). The van der Waals surface area contributed by atoms with Gasteiger partial charge < -0.3 is 15.1 Å². The summed E-state index contributed by atoms with van der Waals surface area (Å²) in [7, 11) is 0. The van der Waals surface area contributed by atoms with Gasteiger partial charge in [0.25, 0.3) is 0 Å². The molecule has 1 N–H and O–H groups in total. The highest BCUT2D eigenvalue weighted by atomic mass is 19.1. The molecule has 27 heavy (non-hydrogen) atoms. The number of rotatable bonds is 4. The fourth-order valence-corrected chi connectivity index (χ4v) is 3.17. The predicted octanol–water partition coefficient (Wildman–Crippen LogP) is 3.83. The molecule has 3 aromatic rings. The van der Waals surface area contributed by atoms with E-state index in [0.29, 0.717) is 30.4 Å². The molecule has 1 aliphatic heterocycles. The topological polar surface area (TPSA) is 44.3 Å². The Labute approximate surface area is 156 Å². The van der Waals surface area contributed by atoms with E-state index in [1.165, 1.54) is 18.2 Å². The molecule has 1 aliphatic rings. The van der Waals surface area contributed by atoms with Gasteiger partial charge in [-0.1, -0.05) is 18.2 Å². The Morgan fingerprint density at radius 1 is 0.852 bits per heavy atom. The first-order valence-corrected chi connectivity index (χ1v) is 8.79. The van der Waals surface area contributed by atoms with Crippen molar-refractivity contribution in [3.8, 4) is 0 Å². The molecule has 1 aromatic heterocycles. The van der Waals surface area contributed by atoms with Crippen LogP contribution in [-0.4, -0.2) is 36.1 Å². The summed E-state index contributed by atoms with van der Waals surface area (Å²) in [4.78, 5) is 12.9. The molecular formula is C20H19F2N5. The van der Waals surface area contributed by atoms with Crippen molar-refractivity contribution in [1.29, 1.82) is 0 Å². The van der Waals surface area contributed by atoms with Crippen molar-refractivity contribution in [1.82, 2.24) is 9.97 Å². The Balaban J connectivity index is 1.43. The summed E-state index contributed by atoms with van der Waals surface area (Å²) in [5.74, 6) is 0.682. The number of halogens is 2. The van der Waals surface area contributed by atoms with Gasteiger partial charge in [0, 0.05) is 38.1 Å². The second kappa shape index (κ2) is 7.57. The Morgan fingerprint density at radius 2 is 1.63 bits per heavy atom. The lowest BCUT2D eigenvalue weighted by atomic mass is 10.2. The minimum absolute atomic E-state index is 0.199. The van der Waals surface area contributed by atoms with Crippen molar-refractivity contribution in [2.75, 3.05) is 41.3 Å². The quantitative estimate of drug-likeness (QED) is 0.759. The first-order valence-electron chi connectivity index (χ1n) is 8.79. The van der Waals surface area contributed by atoms with Gasteiger partial charge in [0.2, 0.25) is 5.95 Å². The van der Waals surface area contributed by atoms with E-state index in [-0.39, 0.29) is 11.6 Å². The molecule has 5 nitrogen and oxygen atoms in total. The first-order chi connectivity index (χ1) is 13.2. The van der Waals surface area contributed by atoms with E-state index in [4.69, 9.17) is 0 Å². The molecule has 4 rings (SSSR count). The molecule has 0 bridgehead atoms. The van der Waals surface area contributed by atoms with Gasteiger partial charge in [-0.05, 0) is 36.4 Å². The summed E-state index contributed by atoms with van der Waals surface area (Å²) in [6.45, 7) is 2.87. The predicted molar refractivity (Wildman–Crippen MR) is 103 cm³/mol. The van der Waals surface area contributed by atoms with Gasteiger partial charge in [-0.25, -0.2) is 13.8 Å². The Morgan fingerprint density at radius 3 is 2.41 bits per heavy atom. The number of nitrogens with one attached hydrogen (secondary N) is 1. The number of hydrogen-bond acceptors (Lipinski definition) is 5. The number of benzene rings is 2. The highest BCUT2D eigenvalue weighted by Crippen LogP contribution is 2.23. The number of piperazine rings is 1. The van der Waals surface area contributed by atoms with Crippen LogP contribution in [0.3, 0.4) is 0 Å². The molecule has 0 radical (unpaired) electrons. The molecule has 0 unspecified atom stereocenters. The molecule has 0 amide bonds. The fourth-order valence-electron chi connectivity index (χ4n) is 3.17. The second-order valence-corrected chi connectivity index (χ2v) is 6.30. The van der Waals surface area contributed by atoms with Crippen molar-refractivity contribution >= 4 is 23.1 Å². The van der Waals surface area contributed by atoms with Crippen molar-refractivity contribution in [2.24, 2.45) is 0 Å². The zero-order valence-corrected chi connectivity index (χ0v) is 14.6. The highest BCUT2D eigenvalue weighted by molar-refractivity contribution is 5.55. The number of hydrogen-bond donors (Lipinski definition) is 1. The first kappa shape index (κ1) is 17.2. The molecule has 0 atom stereocenters. The van der Waals surface area contributed by atoms with Gasteiger partial charge >= 0.3 is 0 Å². The van der Waals surface area contributed by atoms with Crippen LogP contribution in [0.25, 0.3) is 0 Å². The molecule has 0 aliphatic carbocycles. The zero-order chi connectivity index (χ0) is 18.6. The average Bonchev–Trinajstić information content (AvgIpc) is 2.69.